The zero-order valence-electron chi connectivity index (χ0n) is 11.1. The molecule has 1 aromatic heterocycles. The van der Waals surface area contributed by atoms with Crippen LogP contribution in [0.3, 0.4) is 0 Å². The standard InChI is InChI=1S/C13H17N3O4/c17-12(10-7-11(13(18)19)20-14-10)16-5-3-15(4-6-16)8-9-1-2-9/h7,9H,1-6,8H2,(H,18,19). The van der Waals surface area contributed by atoms with Crippen LogP contribution in [-0.4, -0.2) is 64.7 Å². The van der Waals surface area contributed by atoms with E-state index in [1.807, 2.05) is 0 Å². The first kappa shape index (κ1) is 13.1. The summed E-state index contributed by atoms with van der Waals surface area (Å²) in [5.41, 5.74) is 0.0676. The Balaban J connectivity index is 1.56. The molecule has 1 aromatic rings. The van der Waals surface area contributed by atoms with Crippen molar-refractivity contribution < 1.29 is 19.2 Å². The Hall–Kier alpha value is -1.89. The SMILES string of the molecule is O=C(O)c1cc(C(=O)N2CCN(CC3CC3)CC2)no1. The number of piperazine rings is 1. The number of rotatable bonds is 4. The quantitative estimate of drug-likeness (QED) is 0.865. The molecule has 20 heavy (non-hydrogen) atoms. The van der Waals surface area contributed by atoms with E-state index in [0.29, 0.717) is 13.1 Å². The highest BCUT2D eigenvalue weighted by Crippen LogP contribution is 2.29. The summed E-state index contributed by atoms with van der Waals surface area (Å²) < 4.78 is 4.61. The third kappa shape index (κ3) is 2.82. The normalized spacial score (nSPS) is 20.1. The number of hydrogen-bond donors (Lipinski definition) is 1. The van der Waals surface area contributed by atoms with E-state index >= 15 is 0 Å². The van der Waals surface area contributed by atoms with E-state index in [-0.39, 0.29) is 17.4 Å². The van der Waals surface area contributed by atoms with Crippen molar-refractivity contribution in [1.29, 1.82) is 0 Å². The molecule has 1 saturated heterocycles. The number of nitrogens with zero attached hydrogens (tertiary/aromatic N) is 3. The Kier molecular flexibility index (Phi) is 3.43. The monoisotopic (exact) mass is 279 g/mol. The van der Waals surface area contributed by atoms with E-state index in [4.69, 9.17) is 5.11 Å². The second kappa shape index (κ2) is 5.24. The second-order valence-electron chi connectivity index (χ2n) is 5.42. The van der Waals surface area contributed by atoms with Crippen LogP contribution in [0.5, 0.6) is 0 Å². The first-order valence-corrected chi connectivity index (χ1v) is 6.85. The van der Waals surface area contributed by atoms with Gasteiger partial charge in [0.25, 0.3) is 5.91 Å². The summed E-state index contributed by atoms with van der Waals surface area (Å²) in [6.07, 6.45) is 2.66. The molecule has 0 unspecified atom stereocenters. The third-order valence-corrected chi connectivity index (χ3v) is 3.81. The Bertz CT molecular complexity index is 515. The van der Waals surface area contributed by atoms with E-state index in [2.05, 4.69) is 14.6 Å². The highest BCUT2D eigenvalue weighted by atomic mass is 16.5. The van der Waals surface area contributed by atoms with Gasteiger partial charge in [-0.2, -0.15) is 0 Å². The van der Waals surface area contributed by atoms with Gasteiger partial charge < -0.3 is 14.5 Å². The lowest BCUT2D eigenvalue weighted by molar-refractivity contribution is 0.0613. The van der Waals surface area contributed by atoms with Gasteiger partial charge in [-0.15, -0.1) is 0 Å². The van der Waals surface area contributed by atoms with Crippen LogP contribution in [0.15, 0.2) is 10.6 Å². The topological polar surface area (TPSA) is 86.9 Å². The zero-order valence-corrected chi connectivity index (χ0v) is 11.1. The minimum atomic E-state index is -1.22. The highest BCUT2D eigenvalue weighted by molar-refractivity contribution is 5.94. The predicted octanol–water partition coefficient (Wildman–Crippen LogP) is 0.541. The van der Waals surface area contributed by atoms with Gasteiger partial charge in [-0.05, 0) is 18.8 Å². The van der Waals surface area contributed by atoms with Crippen LogP contribution >= 0.6 is 0 Å². The van der Waals surface area contributed by atoms with Crippen molar-refractivity contribution >= 4 is 11.9 Å². The number of carboxylic acid groups (broad SMARTS) is 1. The van der Waals surface area contributed by atoms with Gasteiger partial charge in [0.15, 0.2) is 5.69 Å². The third-order valence-electron chi connectivity index (χ3n) is 3.81. The van der Waals surface area contributed by atoms with Crippen molar-refractivity contribution in [2.45, 2.75) is 12.8 Å². The molecule has 1 amide bonds. The molecule has 2 aliphatic rings. The molecule has 1 aliphatic heterocycles. The molecule has 1 aliphatic carbocycles. The average Bonchev–Trinajstić information content (AvgIpc) is 3.11. The van der Waals surface area contributed by atoms with Crippen molar-refractivity contribution in [3.8, 4) is 0 Å². The molecule has 7 nitrogen and oxygen atoms in total. The summed E-state index contributed by atoms with van der Waals surface area (Å²) in [4.78, 5) is 27.0. The number of carbonyl (C=O) groups is 2. The Morgan fingerprint density at radius 3 is 2.55 bits per heavy atom. The summed E-state index contributed by atoms with van der Waals surface area (Å²) in [6, 6.07) is 1.18. The van der Waals surface area contributed by atoms with Gasteiger partial charge in [0, 0.05) is 38.8 Å². The lowest BCUT2D eigenvalue weighted by atomic mass is 10.2. The Labute approximate surface area is 116 Å². The smallest absolute Gasteiger partial charge is 0.374 e. The number of aromatic carboxylic acids is 1. The van der Waals surface area contributed by atoms with Crippen molar-refractivity contribution in [3.05, 3.63) is 17.5 Å². The van der Waals surface area contributed by atoms with Crippen LogP contribution in [0.1, 0.15) is 33.9 Å². The maximum absolute atomic E-state index is 12.2. The molecule has 7 heteroatoms. The minimum Gasteiger partial charge on any atom is -0.475 e. The Morgan fingerprint density at radius 1 is 1.30 bits per heavy atom. The van der Waals surface area contributed by atoms with Crippen LogP contribution < -0.4 is 0 Å². The molecule has 0 atom stereocenters. The van der Waals surface area contributed by atoms with Gasteiger partial charge in [-0.25, -0.2) is 4.79 Å². The molecule has 0 spiro atoms. The van der Waals surface area contributed by atoms with E-state index in [0.717, 1.165) is 25.6 Å². The van der Waals surface area contributed by atoms with Gasteiger partial charge >= 0.3 is 5.97 Å². The van der Waals surface area contributed by atoms with E-state index in [1.54, 1.807) is 4.90 Å². The lowest BCUT2D eigenvalue weighted by Crippen LogP contribution is -2.49. The van der Waals surface area contributed by atoms with Crippen molar-refractivity contribution in [1.82, 2.24) is 15.0 Å². The minimum absolute atomic E-state index is 0.0676. The molecule has 1 N–H and O–H groups in total. The molecule has 0 bridgehead atoms. The summed E-state index contributed by atoms with van der Waals surface area (Å²) in [5.74, 6) is -0.926. The predicted molar refractivity (Wildman–Crippen MR) is 68.5 cm³/mol. The molecule has 2 fully saturated rings. The van der Waals surface area contributed by atoms with Crippen LogP contribution in [0.25, 0.3) is 0 Å². The van der Waals surface area contributed by atoms with Crippen molar-refractivity contribution in [2.75, 3.05) is 32.7 Å². The lowest BCUT2D eigenvalue weighted by Gasteiger charge is -2.34. The second-order valence-corrected chi connectivity index (χ2v) is 5.42. The molecule has 108 valence electrons. The molecule has 0 aromatic carbocycles. The fourth-order valence-electron chi connectivity index (χ4n) is 2.44. The summed E-state index contributed by atoms with van der Waals surface area (Å²) in [6.45, 7) is 4.18. The fourth-order valence-corrected chi connectivity index (χ4v) is 2.44. The number of hydrogen-bond acceptors (Lipinski definition) is 5. The molecular formula is C13H17N3O4. The van der Waals surface area contributed by atoms with Crippen molar-refractivity contribution in [2.24, 2.45) is 5.92 Å². The van der Waals surface area contributed by atoms with Gasteiger partial charge in [0.2, 0.25) is 5.76 Å². The van der Waals surface area contributed by atoms with Gasteiger partial charge in [-0.1, -0.05) is 5.16 Å². The number of amides is 1. The Morgan fingerprint density at radius 2 is 2.00 bits per heavy atom. The van der Waals surface area contributed by atoms with Crippen LogP contribution in [0.2, 0.25) is 0 Å². The summed E-state index contributed by atoms with van der Waals surface area (Å²) in [5, 5.41) is 12.3. The fraction of sp³-hybridized carbons (Fsp3) is 0.615. The van der Waals surface area contributed by atoms with E-state index < -0.39 is 5.97 Å². The molecular weight excluding hydrogens is 262 g/mol. The maximum Gasteiger partial charge on any atom is 0.374 e. The van der Waals surface area contributed by atoms with Crippen LogP contribution in [-0.2, 0) is 0 Å². The first-order valence-electron chi connectivity index (χ1n) is 6.85. The van der Waals surface area contributed by atoms with E-state index in [9.17, 15) is 9.59 Å². The number of carbonyl (C=O) groups excluding carboxylic acids is 1. The largest absolute Gasteiger partial charge is 0.475 e. The van der Waals surface area contributed by atoms with Gasteiger partial charge in [-0.3, -0.25) is 9.69 Å². The van der Waals surface area contributed by atoms with Crippen molar-refractivity contribution in [3.63, 3.8) is 0 Å². The maximum atomic E-state index is 12.2. The highest BCUT2D eigenvalue weighted by Gasteiger charge is 2.29. The number of aromatic nitrogens is 1. The summed E-state index contributed by atoms with van der Waals surface area (Å²) in [7, 11) is 0. The van der Waals surface area contributed by atoms with Gasteiger partial charge in [0.1, 0.15) is 0 Å². The average molecular weight is 279 g/mol. The van der Waals surface area contributed by atoms with Crippen LogP contribution in [0, 0.1) is 5.92 Å². The molecule has 1 saturated carbocycles. The summed E-state index contributed by atoms with van der Waals surface area (Å²) >= 11 is 0. The molecule has 3 rings (SSSR count). The molecule has 2 heterocycles. The number of carboxylic acids is 1. The van der Waals surface area contributed by atoms with Gasteiger partial charge in [0.05, 0.1) is 0 Å². The first-order chi connectivity index (χ1) is 9.63. The van der Waals surface area contributed by atoms with E-state index in [1.165, 1.54) is 18.9 Å². The molecule has 0 radical (unpaired) electrons. The van der Waals surface area contributed by atoms with Crippen LogP contribution in [0.4, 0.5) is 0 Å². The zero-order chi connectivity index (χ0) is 14.1.